The van der Waals surface area contributed by atoms with Crippen LogP contribution in [0.2, 0.25) is 0 Å². The Morgan fingerprint density at radius 1 is 0.417 bits per heavy atom. The van der Waals surface area contributed by atoms with Gasteiger partial charge in [-0.2, -0.15) is 0 Å². The molecular formula is C28H22N2O4P2. The first-order chi connectivity index (χ1) is 17.6. The molecule has 0 saturated heterocycles. The van der Waals surface area contributed by atoms with Crippen LogP contribution in [0.4, 0.5) is 0 Å². The highest BCUT2D eigenvalue weighted by Crippen LogP contribution is 2.50. The summed E-state index contributed by atoms with van der Waals surface area (Å²) in [7, 11) is -7.31. The quantitative estimate of drug-likeness (QED) is 0.270. The molecule has 1 heterocycles. The molecule has 0 fully saturated rings. The van der Waals surface area contributed by atoms with Crippen molar-refractivity contribution in [2.75, 3.05) is 0 Å². The van der Waals surface area contributed by atoms with Crippen molar-refractivity contribution >= 4 is 36.0 Å². The molecule has 0 spiro atoms. The van der Waals surface area contributed by atoms with Crippen molar-refractivity contribution in [2.24, 2.45) is 0 Å². The summed E-state index contributed by atoms with van der Waals surface area (Å²) < 4.78 is 41.2. The SMILES string of the molecule is O=P(Oc1nccnc1OP(=O)(c1ccccc1)c1ccccc1)(c1ccccc1)c1ccccc1. The topological polar surface area (TPSA) is 78.4 Å². The minimum atomic E-state index is -3.65. The van der Waals surface area contributed by atoms with E-state index in [1.54, 1.807) is 97.1 Å². The molecule has 178 valence electrons. The molecule has 4 aromatic carbocycles. The monoisotopic (exact) mass is 512 g/mol. The molecule has 5 rings (SSSR count). The van der Waals surface area contributed by atoms with Crippen LogP contribution in [0.25, 0.3) is 0 Å². The zero-order chi connectivity index (χ0) is 24.8. The molecular weight excluding hydrogens is 490 g/mol. The molecule has 0 saturated carbocycles. The number of rotatable bonds is 8. The zero-order valence-corrected chi connectivity index (χ0v) is 20.9. The number of hydrogen-bond donors (Lipinski definition) is 0. The molecule has 1 aromatic heterocycles. The van der Waals surface area contributed by atoms with Crippen molar-refractivity contribution in [1.82, 2.24) is 9.97 Å². The van der Waals surface area contributed by atoms with Gasteiger partial charge in [-0.05, 0) is 48.5 Å². The van der Waals surface area contributed by atoms with Gasteiger partial charge in [0.2, 0.25) is 0 Å². The van der Waals surface area contributed by atoms with Gasteiger partial charge in [0.15, 0.2) is 0 Å². The maximum Gasteiger partial charge on any atom is 0.308 e. The summed E-state index contributed by atoms with van der Waals surface area (Å²) in [5.74, 6) is -0.221. The van der Waals surface area contributed by atoms with Crippen molar-refractivity contribution in [3.05, 3.63) is 134 Å². The Hall–Kier alpha value is -3.98. The van der Waals surface area contributed by atoms with Crippen molar-refractivity contribution < 1.29 is 18.2 Å². The first-order valence-corrected chi connectivity index (χ1v) is 14.5. The van der Waals surface area contributed by atoms with E-state index in [1.165, 1.54) is 12.4 Å². The van der Waals surface area contributed by atoms with Gasteiger partial charge in [0.1, 0.15) is 0 Å². The molecule has 8 heteroatoms. The van der Waals surface area contributed by atoms with Crippen LogP contribution >= 0.6 is 14.7 Å². The normalized spacial score (nSPS) is 11.6. The molecule has 0 radical (unpaired) electrons. The van der Waals surface area contributed by atoms with E-state index in [0.29, 0.717) is 21.2 Å². The Morgan fingerprint density at radius 3 is 0.917 bits per heavy atom. The Morgan fingerprint density at radius 2 is 0.667 bits per heavy atom. The van der Waals surface area contributed by atoms with E-state index in [0.717, 1.165) is 0 Å². The molecule has 0 N–H and O–H groups in total. The third-order valence-electron chi connectivity index (χ3n) is 5.45. The predicted molar refractivity (Wildman–Crippen MR) is 143 cm³/mol. The molecule has 5 aromatic rings. The van der Waals surface area contributed by atoms with Gasteiger partial charge < -0.3 is 9.05 Å². The highest BCUT2D eigenvalue weighted by atomic mass is 31.2. The lowest BCUT2D eigenvalue weighted by Gasteiger charge is -2.23. The Kier molecular flexibility index (Phi) is 6.81. The maximum absolute atomic E-state index is 14.4. The van der Waals surface area contributed by atoms with Crippen LogP contribution in [0.15, 0.2) is 134 Å². The van der Waals surface area contributed by atoms with Crippen LogP contribution in [-0.2, 0) is 9.13 Å². The van der Waals surface area contributed by atoms with Gasteiger partial charge in [-0.25, -0.2) is 9.97 Å². The number of benzene rings is 4. The van der Waals surface area contributed by atoms with E-state index in [2.05, 4.69) is 9.97 Å². The summed E-state index contributed by atoms with van der Waals surface area (Å²) in [4.78, 5) is 8.57. The standard InChI is InChI=1S/C28H22N2O4P2/c31-35(23-13-5-1-6-14-23,24-15-7-2-8-16-24)33-27-28(30-22-21-29-27)34-36(32,25-17-9-3-10-18-25)26-19-11-4-12-20-26/h1-22H. The summed E-state index contributed by atoms with van der Waals surface area (Å²) in [6.45, 7) is 0. The second kappa shape index (κ2) is 10.3. The van der Waals surface area contributed by atoms with Crippen LogP contribution in [0.3, 0.4) is 0 Å². The van der Waals surface area contributed by atoms with E-state index in [4.69, 9.17) is 9.05 Å². The van der Waals surface area contributed by atoms with Gasteiger partial charge in [0.05, 0.1) is 21.2 Å². The Balaban J connectivity index is 1.61. The lowest BCUT2D eigenvalue weighted by molar-refractivity contribution is 0.446. The van der Waals surface area contributed by atoms with Crippen LogP contribution in [0.1, 0.15) is 0 Å². The van der Waals surface area contributed by atoms with Gasteiger partial charge in [0, 0.05) is 12.4 Å². The average Bonchev–Trinajstić information content (AvgIpc) is 2.96. The smallest absolute Gasteiger partial charge is 0.308 e. The Labute approximate surface area is 209 Å². The lowest BCUT2D eigenvalue weighted by atomic mass is 10.4. The summed E-state index contributed by atoms with van der Waals surface area (Å²) in [5, 5.41) is 1.95. The highest BCUT2D eigenvalue weighted by molar-refractivity contribution is 7.75. The van der Waals surface area contributed by atoms with E-state index in [9.17, 15) is 9.13 Å². The zero-order valence-electron chi connectivity index (χ0n) is 19.1. The third-order valence-corrected chi connectivity index (χ3v) is 10.2. The molecule has 0 amide bonds. The Bertz CT molecular complexity index is 1330. The first kappa shape index (κ1) is 23.7. The summed E-state index contributed by atoms with van der Waals surface area (Å²) in [5.41, 5.74) is 0. The van der Waals surface area contributed by atoms with E-state index >= 15 is 0 Å². The van der Waals surface area contributed by atoms with Crippen molar-refractivity contribution in [2.45, 2.75) is 0 Å². The third kappa shape index (κ3) is 4.74. The first-order valence-electron chi connectivity index (χ1n) is 11.2. The predicted octanol–water partition coefficient (Wildman–Crippen LogP) is 5.09. The van der Waals surface area contributed by atoms with Crippen LogP contribution < -0.4 is 30.3 Å². The number of aromatic nitrogens is 2. The van der Waals surface area contributed by atoms with Gasteiger partial charge in [-0.15, -0.1) is 0 Å². The highest BCUT2D eigenvalue weighted by Gasteiger charge is 2.35. The number of hydrogen-bond acceptors (Lipinski definition) is 6. The molecule has 36 heavy (non-hydrogen) atoms. The van der Waals surface area contributed by atoms with Gasteiger partial charge >= 0.3 is 14.7 Å². The van der Waals surface area contributed by atoms with Gasteiger partial charge in [-0.1, -0.05) is 72.8 Å². The van der Waals surface area contributed by atoms with Crippen molar-refractivity contribution in [1.29, 1.82) is 0 Å². The molecule has 0 aliphatic carbocycles. The second-order valence-corrected chi connectivity index (χ2v) is 12.4. The summed E-state index contributed by atoms with van der Waals surface area (Å²) in [6, 6.07) is 35.6. The fourth-order valence-electron chi connectivity index (χ4n) is 3.69. The van der Waals surface area contributed by atoms with Crippen LogP contribution in [0.5, 0.6) is 11.8 Å². The fourth-order valence-corrected chi connectivity index (χ4v) is 7.70. The van der Waals surface area contributed by atoms with Gasteiger partial charge in [0.25, 0.3) is 11.8 Å². The summed E-state index contributed by atoms with van der Waals surface area (Å²) >= 11 is 0. The molecule has 0 aliphatic rings. The van der Waals surface area contributed by atoms with E-state index in [1.807, 2.05) is 24.3 Å². The molecule has 0 atom stereocenters. The summed E-state index contributed by atoms with van der Waals surface area (Å²) in [6.07, 6.45) is 2.83. The number of nitrogens with zero attached hydrogens (tertiary/aromatic N) is 2. The minimum absolute atomic E-state index is 0.111. The fraction of sp³-hybridized carbons (Fsp3) is 0. The molecule has 0 unspecified atom stereocenters. The minimum Gasteiger partial charge on any atom is -0.413 e. The average molecular weight is 512 g/mol. The lowest BCUT2D eigenvalue weighted by Crippen LogP contribution is -2.22. The van der Waals surface area contributed by atoms with E-state index in [-0.39, 0.29) is 11.8 Å². The van der Waals surface area contributed by atoms with Crippen LogP contribution in [0, 0.1) is 0 Å². The largest absolute Gasteiger partial charge is 0.413 e. The van der Waals surface area contributed by atoms with Crippen molar-refractivity contribution in [3.63, 3.8) is 0 Å². The molecule has 0 bridgehead atoms. The van der Waals surface area contributed by atoms with Gasteiger partial charge in [-0.3, -0.25) is 9.13 Å². The molecule has 0 aliphatic heterocycles. The van der Waals surface area contributed by atoms with Crippen LogP contribution in [-0.4, -0.2) is 9.97 Å². The maximum atomic E-state index is 14.4. The molecule has 6 nitrogen and oxygen atoms in total. The van der Waals surface area contributed by atoms with E-state index < -0.39 is 14.7 Å². The van der Waals surface area contributed by atoms with Crippen molar-refractivity contribution in [3.8, 4) is 11.8 Å². The second-order valence-electron chi connectivity index (χ2n) is 7.79.